The molecule has 0 radical (unpaired) electrons. The average molecular weight is 518 g/mol. The molecule has 1 atom stereocenters. The van der Waals surface area contributed by atoms with Crippen LogP contribution in [0, 0.1) is 11.3 Å². The second-order valence-corrected chi connectivity index (χ2v) is 11.5. The van der Waals surface area contributed by atoms with E-state index in [0.29, 0.717) is 29.7 Å². The molecule has 1 aromatic heterocycles. The number of hydrogen-bond donors (Lipinski definition) is 1. The van der Waals surface area contributed by atoms with E-state index in [1.807, 2.05) is 54.6 Å². The Morgan fingerprint density at radius 1 is 1.08 bits per heavy atom. The first-order valence-electron chi connectivity index (χ1n) is 12.8. The summed E-state index contributed by atoms with van der Waals surface area (Å²) in [5.41, 5.74) is 3.74. The van der Waals surface area contributed by atoms with Gasteiger partial charge in [-0.05, 0) is 72.4 Å². The lowest BCUT2D eigenvalue weighted by Crippen LogP contribution is -2.26. The van der Waals surface area contributed by atoms with Crippen molar-refractivity contribution in [2.45, 2.75) is 53.6 Å². The van der Waals surface area contributed by atoms with Gasteiger partial charge in [0.05, 0.1) is 12.2 Å². The lowest BCUT2D eigenvalue weighted by molar-refractivity contribution is -0.111. The van der Waals surface area contributed by atoms with Crippen LogP contribution in [0.5, 0.6) is 5.75 Å². The summed E-state index contributed by atoms with van der Waals surface area (Å²) in [4.78, 5) is 26.8. The minimum absolute atomic E-state index is 0.194. The van der Waals surface area contributed by atoms with Gasteiger partial charge in [-0.3, -0.25) is 4.79 Å². The number of anilines is 1. The van der Waals surface area contributed by atoms with Gasteiger partial charge in [0.1, 0.15) is 17.4 Å². The summed E-state index contributed by atoms with van der Waals surface area (Å²) in [6.45, 7) is 9.38. The monoisotopic (exact) mass is 517 g/mol. The van der Waals surface area contributed by atoms with Crippen molar-refractivity contribution in [1.82, 2.24) is 0 Å². The molecule has 1 N–H and O–H groups in total. The minimum Gasteiger partial charge on any atom is -0.489 e. The highest BCUT2D eigenvalue weighted by Crippen LogP contribution is 2.44. The van der Waals surface area contributed by atoms with Gasteiger partial charge in [0, 0.05) is 11.0 Å². The molecule has 3 aromatic rings. The molecule has 1 heterocycles. The van der Waals surface area contributed by atoms with Crippen LogP contribution in [0.4, 0.5) is 5.00 Å². The third-order valence-electron chi connectivity index (χ3n) is 6.76. The molecule has 1 unspecified atom stereocenters. The third-order valence-corrected chi connectivity index (χ3v) is 7.93. The Bertz CT molecular complexity index is 1250. The van der Waals surface area contributed by atoms with E-state index in [2.05, 4.69) is 26.1 Å². The second kappa shape index (κ2) is 11.8. The van der Waals surface area contributed by atoms with E-state index in [-0.39, 0.29) is 17.3 Å². The number of benzene rings is 2. The second-order valence-electron chi connectivity index (χ2n) is 10.4. The molecule has 0 saturated heterocycles. The van der Waals surface area contributed by atoms with Crippen molar-refractivity contribution >= 4 is 34.3 Å². The summed E-state index contributed by atoms with van der Waals surface area (Å²) in [5.74, 6) is 0.666. The Morgan fingerprint density at radius 2 is 1.81 bits per heavy atom. The molecule has 4 rings (SSSR count). The van der Waals surface area contributed by atoms with E-state index in [0.717, 1.165) is 41.7 Å². The molecule has 6 heteroatoms. The van der Waals surface area contributed by atoms with Crippen LogP contribution < -0.4 is 10.1 Å². The SMILES string of the molecule is CCOC(=O)c1c(NC(=O)C=Cc2ccc(OCc3ccccc3)cc2)sc2c1CCC(C(C)(C)C)C2. The summed E-state index contributed by atoms with van der Waals surface area (Å²) in [5, 5.41) is 3.53. The van der Waals surface area contributed by atoms with Crippen molar-refractivity contribution in [1.29, 1.82) is 0 Å². The zero-order chi connectivity index (χ0) is 26.4. The van der Waals surface area contributed by atoms with Crippen molar-refractivity contribution in [2.24, 2.45) is 11.3 Å². The van der Waals surface area contributed by atoms with E-state index >= 15 is 0 Å². The Kier molecular flexibility index (Phi) is 8.49. The van der Waals surface area contributed by atoms with Crippen molar-refractivity contribution < 1.29 is 19.1 Å². The molecule has 0 aliphatic heterocycles. The predicted molar refractivity (Wildman–Crippen MR) is 150 cm³/mol. The molecule has 0 saturated carbocycles. The molecule has 1 aliphatic rings. The van der Waals surface area contributed by atoms with Gasteiger partial charge in [0.2, 0.25) is 5.91 Å². The van der Waals surface area contributed by atoms with Crippen LogP contribution in [0.25, 0.3) is 6.08 Å². The van der Waals surface area contributed by atoms with E-state index < -0.39 is 0 Å². The molecule has 1 amide bonds. The molecular weight excluding hydrogens is 482 g/mol. The highest BCUT2D eigenvalue weighted by atomic mass is 32.1. The van der Waals surface area contributed by atoms with Gasteiger partial charge < -0.3 is 14.8 Å². The van der Waals surface area contributed by atoms with E-state index in [1.54, 1.807) is 13.0 Å². The standard InChI is InChI=1S/C31H35NO4S/c1-5-35-30(34)28-25-17-14-23(31(2,3)4)19-26(25)37-29(28)32-27(33)18-13-21-11-15-24(16-12-21)36-20-22-9-7-6-8-10-22/h6-13,15-16,18,23H,5,14,17,19-20H2,1-4H3,(H,32,33). The van der Waals surface area contributed by atoms with Crippen molar-refractivity contribution in [3.05, 3.63) is 87.8 Å². The van der Waals surface area contributed by atoms with Crippen LogP contribution in [0.15, 0.2) is 60.7 Å². The maximum absolute atomic E-state index is 12.8. The normalized spacial score (nSPS) is 15.3. The van der Waals surface area contributed by atoms with Gasteiger partial charge >= 0.3 is 5.97 Å². The Morgan fingerprint density at radius 3 is 2.49 bits per heavy atom. The molecule has 0 fully saturated rings. The number of rotatable bonds is 8. The fourth-order valence-corrected chi connectivity index (χ4v) is 5.89. The summed E-state index contributed by atoms with van der Waals surface area (Å²) in [6.07, 6.45) is 6.01. The van der Waals surface area contributed by atoms with Crippen LogP contribution in [-0.4, -0.2) is 18.5 Å². The smallest absolute Gasteiger partial charge is 0.341 e. The number of nitrogens with one attached hydrogen (secondary N) is 1. The van der Waals surface area contributed by atoms with Gasteiger partial charge in [-0.2, -0.15) is 0 Å². The maximum Gasteiger partial charge on any atom is 0.341 e. The zero-order valence-electron chi connectivity index (χ0n) is 22.0. The zero-order valence-corrected chi connectivity index (χ0v) is 22.8. The van der Waals surface area contributed by atoms with Crippen molar-refractivity contribution in [3.8, 4) is 5.75 Å². The molecule has 37 heavy (non-hydrogen) atoms. The summed E-state index contributed by atoms with van der Waals surface area (Å²) >= 11 is 1.51. The number of carbonyl (C=O) groups is 2. The lowest BCUT2D eigenvalue weighted by atomic mass is 9.72. The van der Waals surface area contributed by atoms with E-state index in [9.17, 15) is 9.59 Å². The fraction of sp³-hybridized carbons (Fsp3) is 0.355. The predicted octanol–water partition coefficient (Wildman–Crippen LogP) is 7.31. The number of esters is 1. The van der Waals surface area contributed by atoms with Crippen molar-refractivity contribution in [2.75, 3.05) is 11.9 Å². The van der Waals surface area contributed by atoms with Crippen molar-refractivity contribution in [3.63, 3.8) is 0 Å². The number of amides is 1. The fourth-order valence-electron chi connectivity index (χ4n) is 4.57. The molecule has 0 spiro atoms. The first-order chi connectivity index (χ1) is 17.7. The molecule has 5 nitrogen and oxygen atoms in total. The Labute approximate surface area is 223 Å². The van der Waals surface area contributed by atoms with Gasteiger partial charge in [-0.1, -0.05) is 63.2 Å². The third kappa shape index (κ3) is 6.89. The average Bonchev–Trinajstić information content (AvgIpc) is 3.24. The molecule has 0 bridgehead atoms. The maximum atomic E-state index is 12.8. The van der Waals surface area contributed by atoms with Crippen LogP contribution >= 0.6 is 11.3 Å². The first kappa shape index (κ1) is 26.7. The highest BCUT2D eigenvalue weighted by Gasteiger charge is 2.34. The summed E-state index contributed by atoms with van der Waals surface area (Å²) in [7, 11) is 0. The molecule has 194 valence electrons. The Hall–Kier alpha value is -3.38. The molecule has 2 aromatic carbocycles. The number of hydrogen-bond acceptors (Lipinski definition) is 5. The van der Waals surface area contributed by atoms with Gasteiger partial charge in [0.15, 0.2) is 0 Å². The van der Waals surface area contributed by atoms with Gasteiger partial charge in [0.25, 0.3) is 0 Å². The van der Waals surface area contributed by atoms with Crippen LogP contribution in [0.1, 0.15) is 66.0 Å². The molecule has 1 aliphatic carbocycles. The molecular formula is C31H35NO4S. The first-order valence-corrected chi connectivity index (χ1v) is 13.6. The highest BCUT2D eigenvalue weighted by molar-refractivity contribution is 7.17. The van der Waals surface area contributed by atoms with Crippen LogP contribution in [-0.2, 0) is 29.0 Å². The van der Waals surface area contributed by atoms with E-state index in [1.165, 1.54) is 22.3 Å². The number of ether oxygens (including phenoxy) is 2. The lowest BCUT2D eigenvalue weighted by Gasteiger charge is -2.33. The topological polar surface area (TPSA) is 64.6 Å². The number of carbonyl (C=O) groups excluding carboxylic acids is 2. The van der Waals surface area contributed by atoms with Crippen LogP contribution in [0.3, 0.4) is 0 Å². The van der Waals surface area contributed by atoms with Gasteiger partial charge in [-0.15, -0.1) is 11.3 Å². The quantitative estimate of drug-likeness (QED) is 0.251. The summed E-state index contributed by atoms with van der Waals surface area (Å²) < 4.78 is 11.2. The number of thiophene rings is 1. The van der Waals surface area contributed by atoms with E-state index in [4.69, 9.17) is 9.47 Å². The Balaban J connectivity index is 1.43. The van der Waals surface area contributed by atoms with Crippen LogP contribution in [0.2, 0.25) is 0 Å². The largest absolute Gasteiger partial charge is 0.489 e. The van der Waals surface area contributed by atoms with Gasteiger partial charge in [-0.25, -0.2) is 4.79 Å². The summed E-state index contributed by atoms with van der Waals surface area (Å²) in [6, 6.07) is 17.6. The minimum atomic E-state index is -0.362. The number of fused-ring (bicyclic) bond motifs is 1.